The Hall–Kier alpha value is -3.97. The zero-order valence-corrected chi connectivity index (χ0v) is 17.7. The van der Waals surface area contributed by atoms with Crippen molar-refractivity contribution in [2.24, 2.45) is 0 Å². The standard InChI is InChI=1S/C24H20ClN5O2/c25-20-14-8-7-13-19(20)15-26-23-22(30(31)32)24(28-16-27-23)29-21(17-9-3-1-4-10-17)18-11-5-2-6-12-18/h1-14,16,21H,15H2,(H2,26,27,28,29). The zero-order valence-electron chi connectivity index (χ0n) is 17.0. The van der Waals surface area contributed by atoms with Crippen LogP contribution in [0.15, 0.2) is 91.3 Å². The molecule has 0 aliphatic rings. The molecule has 0 fully saturated rings. The highest BCUT2D eigenvalue weighted by atomic mass is 35.5. The van der Waals surface area contributed by atoms with E-state index >= 15 is 0 Å². The summed E-state index contributed by atoms with van der Waals surface area (Å²) in [5, 5.41) is 18.8. The van der Waals surface area contributed by atoms with Gasteiger partial charge in [-0.2, -0.15) is 0 Å². The Morgan fingerprint density at radius 3 is 2.00 bits per heavy atom. The molecule has 1 aromatic heterocycles. The summed E-state index contributed by atoms with van der Waals surface area (Å²) in [6, 6.07) is 26.4. The zero-order chi connectivity index (χ0) is 22.3. The van der Waals surface area contributed by atoms with Gasteiger partial charge in [0, 0.05) is 11.6 Å². The van der Waals surface area contributed by atoms with Gasteiger partial charge in [0.05, 0.1) is 11.0 Å². The molecule has 4 rings (SSSR count). The fourth-order valence-electron chi connectivity index (χ4n) is 3.39. The number of nitrogens with zero attached hydrogens (tertiary/aromatic N) is 3. The molecule has 8 heteroatoms. The van der Waals surface area contributed by atoms with Crippen molar-refractivity contribution in [1.29, 1.82) is 0 Å². The molecule has 7 nitrogen and oxygen atoms in total. The molecule has 0 spiro atoms. The van der Waals surface area contributed by atoms with Crippen molar-refractivity contribution in [3.63, 3.8) is 0 Å². The van der Waals surface area contributed by atoms with Crippen LogP contribution in [0.2, 0.25) is 5.02 Å². The summed E-state index contributed by atoms with van der Waals surface area (Å²) < 4.78 is 0. The highest BCUT2D eigenvalue weighted by molar-refractivity contribution is 6.31. The Morgan fingerprint density at radius 2 is 1.41 bits per heavy atom. The van der Waals surface area contributed by atoms with Gasteiger partial charge in [-0.1, -0.05) is 90.5 Å². The van der Waals surface area contributed by atoms with Gasteiger partial charge in [-0.3, -0.25) is 10.1 Å². The maximum atomic E-state index is 12.0. The average molecular weight is 446 g/mol. The van der Waals surface area contributed by atoms with Gasteiger partial charge in [0.1, 0.15) is 6.33 Å². The normalized spacial score (nSPS) is 10.7. The molecule has 0 amide bonds. The summed E-state index contributed by atoms with van der Waals surface area (Å²) >= 11 is 6.21. The van der Waals surface area contributed by atoms with Crippen LogP contribution in [0.1, 0.15) is 22.7 Å². The van der Waals surface area contributed by atoms with Crippen LogP contribution < -0.4 is 10.6 Å². The average Bonchev–Trinajstić information content (AvgIpc) is 2.83. The van der Waals surface area contributed by atoms with E-state index in [0.717, 1.165) is 16.7 Å². The predicted octanol–water partition coefficient (Wildman–Crippen LogP) is 5.85. The number of hydrogen-bond acceptors (Lipinski definition) is 6. The van der Waals surface area contributed by atoms with Crippen LogP contribution >= 0.6 is 11.6 Å². The fraction of sp³-hybridized carbons (Fsp3) is 0.0833. The van der Waals surface area contributed by atoms with Crippen LogP contribution in [0.5, 0.6) is 0 Å². The van der Waals surface area contributed by atoms with E-state index in [1.54, 1.807) is 6.07 Å². The van der Waals surface area contributed by atoms with Gasteiger partial charge < -0.3 is 10.6 Å². The third-order valence-corrected chi connectivity index (χ3v) is 5.32. The Kier molecular flexibility index (Phi) is 6.57. The van der Waals surface area contributed by atoms with Crippen molar-refractivity contribution in [2.75, 3.05) is 10.6 Å². The lowest BCUT2D eigenvalue weighted by Crippen LogP contribution is -2.16. The molecule has 0 radical (unpaired) electrons. The number of halogens is 1. The van der Waals surface area contributed by atoms with Crippen molar-refractivity contribution in [1.82, 2.24) is 9.97 Å². The number of benzene rings is 3. The summed E-state index contributed by atoms with van der Waals surface area (Å²) in [4.78, 5) is 19.8. The van der Waals surface area contributed by atoms with Gasteiger partial charge in [0.15, 0.2) is 0 Å². The van der Waals surface area contributed by atoms with Crippen molar-refractivity contribution in [3.05, 3.63) is 123 Å². The molecule has 0 aliphatic carbocycles. The first kappa shape index (κ1) is 21.3. The SMILES string of the molecule is O=[N+]([O-])c1c(NCc2ccccc2Cl)ncnc1NC(c1ccccc1)c1ccccc1. The number of hydrogen-bond donors (Lipinski definition) is 2. The van der Waals surface area contributed by atoms with Crippen molar-refractivity contribution >= 4 is 28.9 Å². The minimum Gasteiger partial charge on any atom is -0.360 e. The largest absolute Gasteiger partial charge is 0.360 e. The van der Waals surface area contributed by atoms with Gasteiger partial charge in [-0.25, -0.2) is 9.97 Å². The summed E-state index contributed by atoms with van der Waals surface area (Å²) in [5.74, 6) is 0.247. The Balaban J connectivity index is 1.68. The predicted molar refractivity (Wildman–Crippen MR) is 126 cm³/mol. The first-order valence-electron chi connectivity index (χ1n) is 9.96. The number of rotatable bonds is 8. The lowest BCUT2D eigenvalue weighted by atomic mass is 9.99. The molecule has 0 saturated carbocycles. The second-order valence-electron chi connectivity index (χ2n) is 7.02. The van der Waals surface area contributed by atoms with Crippen molar-refractivity contribution in [2.45, 2.75) is 12.6 Å². The Bertz CT molecular complexity index is 1170. The minimum absolute atomic E-state index is 0.118. The number of anilines is 2. The highest BCUT2D eigenvalue weighted by Gasteiger charge is 2.26. The maximum Gasteiger partial charge on any atom is 0.353 e. The molecular weight excluding hydrogens is 426 g/mol. The summed E-state index contributed by atoms with van der Waals surface area (Å²) in [6.45, 7) is 0.289. The molecular formula is C24H20ClN5O2. The summed E-state index contributed by atoms with van der Waals surface area (Å²) in [5.41, 5.74) is 2.49. The lowest BCUT2D eigenvalue weighted by Gasteiger charge is -2.20. The molecule has 0 bridgehead atoms. The maximum absolute atomic E-state index is 12.0. The van der Waals surface area contributed by atoms with Gasteiger partial charge in [-0.15, -0.1) is 0 Å². The number of nitro groups is 1. The van der Waals surface area contributed by atoms with Gasteiger partial charge in [0.25, 0.3) is 0 Å². The molecule has 3 aromatic carbocycles. The number of aromatic nitrogens is 2. The highest BCUT2D eigenvalue weighted by Crippen LogP contribution is 2.34. The van der Waals surface area contributed by atoms with E-state index in [0.29, 0.717) is 5.02 Å². The van der Waals surface area contributed by atoms with E-state index < -0.39 is 4.92 Å². The topological polar surface area (TPSA) is 93.0 Å². The molecule has 160 valence electrons. The van der Waals surface area contributed by atoms with Gasteiger partial charge >= 0.3 is 5.69 Å². The van der Waals surface area contributed by atoms with E-state index in [9.17, 15) is 10.1 Å². The minimum atomic E-state index is -0.482. The third kappa shape index (κ3) is 4.84. The van der Waals surface area contributed by atoms with Crippen molar-refractivity contribution < 1.29 is 4.92 Å². The molecule has 0 aliphatic heterocycles. The van der Waals surface area contributed by atoms with Crippen LogP contribution in [0.25, 0.3) is 0 Å². The van der Waals surface area contributed by atoms with Crippen LogP contribution in [0, 0.1) is 10.1 Å². The molecule has 32 heavy (non-hydrogen) atoms. The van der Waals surface area contributed by atoms with E-state index in [4.69, 9.17) is 11.6 Å². The van der Waals surface area contributed by atoms with Crippen molar-refractivity contribution in [3.8, 4) is 0 Å². The van der Waals surface area contributed by atoms with Crippen LogP contribution in [-0.4, -0.2) is 14.9 Å². The second kappa shape index (κ2) is 9.89. The molecule has 1 heterocycles. The molecule has 4 aromatic rings. The van der Waals surface area contributed by atoms with Gasteiger partial charge in [0.2, 0.25) is 11.6 Å². The van der Waals surface area contributed by atoms with Gasteiger partial charge in [-0.05, 0) is 22.8 Å². The summed E-state index contributed by atoms with van der Waals surface area (Å²) in [6.07, 6.45) is 1.30. The monoisotopic (exact) mass is 445 g/mol. The van der Waals surface area contributed by atoms with E-state index in [-0.39, 0.29) is 29.9 Å². The first-order chi connectivity index (χ1) is 15.6. The lowest BCUT2D eigenvalue weighted by molar-refractivity contribution is -0.383. The molecule has 2 N–H and O–H groups in total. The molecule has 0 unspecified atom stereocenters. The van der Waals surface area contributed by atoms with Crippen LogP contribution in [0.4, 0.5) is 17.3 Å². The first-order valence-corrected chi connectivity index (χ1v) is 10.3. The Morgan fingerprint density at radius 1 is 0.844 bits per heavy atom. The number of nitrogens with one attached hydrogen (secondary N) is 2. The molecule has 0 saturated heterocycles. The third-order valence-electron chi connectivity index (χ3n) is 4.96. The van der Waals surface area contributed by atoms with Crippen LogP contribution in [0.3, 0.4) is 0 Å². The summed E-state index contributed by atoms with van der Waals surface area (Å²) in [7, 11) is 0. The Labute approximate surface area is 190 Å². The van der Waals surface area contributed by atoms with E-state index in [2.05, 4.69) is 20.6 Å². The van der Waals surface area contributed by atoms with E-state index in [1.165, 1.54) is 6.33 Å². The second-order valence-corrected chi connectivity index (χ2v) is 7.43. The van der Waals surface area contributed by atoms with E-state index in [1.807, 2.05) is 78.9 Å². The smallest absolute Gasteiger partial charge is 0.353 e. The fourth-order valence-corrected chi connectivity index (χ4v) is 3.60. The quantitative estimate of drug-likeness (QED) is 0.261. The molecule has 0 atom stereocenters. The van der Waals surface area contributed by atoms with Crippen LogP contribution in [-0.2, 0) is 6.54 Å².